The Bertz CT molecular complexity index is 1650. The summed E-state index contributed by atoms with van der Waals surface area (Å²) >= 11 is 6.03. The number of carbonyl (C=O) groups is 2. The lowest BCUT2D eigenvalue weighted by molar-refractivity contribution is -0.117. The van der Waals surface area contributed by atoms with E-state index < -0.39 is 23.4 Å². The maximum Gasteiger partial charge on any atom is 0.258 e. The minimum atomic E-state index is -0.826. The Morgan fingerprint density at radius 1 is 1.03 bits per heavy atom. The lowest BCUT2D eigenvalue weighted by Crippen LogP contribution is -2.14. The first-order valence-electron chi connectivity index (χ1n) is 10.4. The highest BCUT2D eigenvalue weighted by Crippen LogP contribution is 2.33. The SMILES string of the molecule is NC(=O)Cc1nn(-c2ccc(F)cc2F)c2c1ccc1ccc(NC(=O)c3cccnc3Cl)cc12. The van der Waals surface area contributed by atoms with Crippen molar-refractivity contribution in [1.82, 2.24) is 14.8 Å². The monoisotopic (exact) mass is 491 g/mol. The molecule has 0 spiro atoms. The molecule has 2 aromatic heterocycles. The lowest BCUT2D eigenvalue weighted by atomic mass is 10.0. The maximum atomic E-state index is 14.7. The van der Waals surface area contributed by atoms with Crippen molar-refractivity contribution in [3.05, 3.63) is 94.9 Å². The Kier molecular flexibility index (Phi) is 5.62. The van der Waals surface area contributed by atoms with Crippen LogP contribution in [0.5, 0.6) is 0 Å². The van der Waals surface area contributed by atoms with E-state index in [2.05, 4.69) is 15.4 Å². The van der Waals surface area contributed by atoms with Crippen LogP contribution in [0, 0.1) is 11.6 Å². The third-order valence-electron chi connectivity index (χ3n) is 5.48. The minimum Gasteiger partial charge on any atom is -0.369 e. The molecule has 0 radical (unpaired) electrons. The summed E-state index contributed by atoms with van der Waals surface area (Å²) in [6, 6.07) is 15.0. The smallest absolute Gasteiger partial charge is 0.258 e. The Hall–Kier alpha value is -4.37. The molecule has 0 aliphatic heterocycles. The molecule has 2 amide bonds. The van der Waals surface area contributed by atoms with Gasteiger partial charge in [0, 0.05) is 28.7 Å². The summed E-state index contributed by atoms with van der Waals surface area (Å²) in [5.41, 5.74) is 6.85. The number of hydrogen-bond acceptors (Lipinski definition) is 4. The fraction of sp³-hybridized carbons (Fsp3) is 0.0400. The van der Waals surface area contributed by atoms with E-state index in [9.17, 15) is 18.4 Å². The van der Waals surface area contributed by atoms with Crippen molar-refractivity contribution in [1.29, 1.82) is 0 Å². The fourth-order valence-electron chi connectivity index (χ4n) is 3.94. The van der Waals surface area contributed by atoms with Gasteiger partial charge in [-0.1, -0.05) is 29.8 Å². The van der Waals surface area contributed by atoms with Crippen LogP contribution in [-0.2, 0) is 11.2 Å². The number of fused-ring (bicyclic) bond motifs is 3. The van der Waals surface area contributed by atoms with Crippen molar-refractivity contribution >= 4 is 50.8 Å². The van der Waals surface area contributed by atoms with Gasteiger partial charge < -0.3 is 11.1 Å². The minimum absolute atomic E-state index is 0.00352. The summed E-state index contributed by atoms with van der Waals surface area (Å²) in [6.45, 7) is 0. The number of nitrogens with zero attached hydrogens (tertiary/aromatic N) is 3. The van der Waals surface area contributed by atoms with E-state index in [1.807, 2.05) is 6.07 Å². The number of carbonyl (C=O) groups excluding carboxylic acids is 2. The van der Waals surface area contributed by atoms with Crippen LogP contribution in [0.2, 0.25) is 5.15 Å². The zero-order valence-corrected chi connectivity index (χ0v) is 18.7. The predicted octanol–water partition coefficient (Wildman–Crippen LogP) is 4.79. The van der Waals surface area contributed by atoms with Crippen molar-refractivity contribution in [2.45, 2.75) is 6.42 Å². The molecular formula is C25H16ClF2N5O2. The highest BCUT2D eigenvalue weighted by molar-refractivity contribution is 6.33. The summed E-state index contributed by atoms with van der Waals surface area (Å²) < 4.78 is 29.6. The van der Waals surface area contributed by atoms with Crippen molar-refractivity contribution < 1.29 is 18.4 Å². The molecule has 0 saturated carbocycles. The van der Waals surface area contributed by atoms with Crippen LogP contribution in [0.25, 0.3) is 27.4 Å². The van der Waals surface area contributed by atoms with Gasteiger partial charge in [0.1, 0.15) is 16.7 Å². The summed E-state index contributed by atoms with van der Waals surface area (Å²) in [4.78, 5) is 28.3. The number of aromatic nitrogens is 3. The molecule has 0 aliphatic rings. The number of nitrogens with one attached hydrogen (secondary N) is 1. The van der Waals surface area contributed by atoms with Crippen molar-refractivity contribution in [3.63, 3.8) is 0 Å². The first-order chi connectivity index (χ1) is 16.8. The molecule has 5 aromatic rings. The number of amides is 2. The van der Waals surface area contributed by atoms with E-state index in [1.165, 1.54) is 16.9 Å². The van der Waals surface area contributed by atoms with Crippen LogP contribution in [0.4, 0.5) is 14.5 Å². The van der Waals surface area contributed by atoms with Gasteiger partial charge in [-0.25, -0.2) is 18.4 Å². The molecule has 35 heavy (non-hydrogen) atoms. The third-order valence-corrected chi connectivity index (χ3v) is 5.78. The topological polar surface area (TPSA) is 103 Å². The van der Waals surface area contributed by atoms with Crippen LogP contribution in [0.15, 0.2) is 66.9 Å². The summed E-state index contributed by atoms with van der Waals surface area (Å²) in [6.07, 6.45) is 1.30. The van der Waals surface area contributed by atoms with E-state index in [0.717, 1.165) is 17.5 Å². The molecule has 3 aromatic carbocycles. The molecular weight excluding hydrogens is 476 g/mol. The average molecular weight is 492 g/mol. The Labute approximate surface area is 202 Å². The van der Waals surface area contributed by atoms with E-state index in [1.54, 1.807) is 36.4 Å². The third kappa shape index (κ3) is 4.17. The standard InChI is InChI=1S/C25H16ClF2N5O2/c26-24-17(2-1-9-30-24)25(35)31-15-6-3-13-4-7-16-20(12-22(29)34)32-33(23(16)18(13)11-15)21-8-5-14(27)10-19(21)28/h1-11H,12H2,(H2,29,34)(H,31,35). The molecule has 5 rings (SSSR count). The number of pyridine rings is 1. The first-order valence-corrected chi connectivity index (χ1v) is 10.8. The van der Waals surface area contributed by atoms with E-state index in [4.69, 9.17) is 17.3 Å². The molecule has 0 bridgehead atoms. The van der Waals surface area contributed by atoms with Gasteiger partial charge in [-0.2, -0.15) is 5.10 Å². The van der Waals surface area contributed by atoms with Crippen molar-refractivity contribution in [2.75, 3.05) is 5.32 Å². The molecule has 0 aliphatic carbocycles. The lowest BCUT2D eigenvalue weighted by Gasteiger charge is -2.10. The number of halogens is 3. The van der Waals surface area contributed by atoms with E-state index in [0.29, 0.717) is 27.7 Å². The second-order valence-corrected chi connectivity index (χ2v) is 8.15. The van der Waals surface area contributed by atoms with E-state index >= 15 is 0 Å². The zero-order chi connectivity index (χ0) is 24.7. The number of anilines is 1. The predicted molar refractivity (Wildman–Crippen MR) is 129 cm³/mol. The van der Waals surface area contributed by atoms with Gasteiger partial charge in [-0.15, -0.1) is 0 Å². The summed E-state index contributed by atoms with van der Waals surface area (Å²) in [7, 11) is 0. The van der Waals surface area contributed by atoms with Crippen molar-refractivity contribution in [3.8, 4) is 5.69 Å². The van der Waals surface area contributed by atoms with Crippen LogP contribution in [0.1, 0.15) is 16.1 Å². The fourth-order valence-corrected chi connectivity index (χ4v) is 4.15. The summed E-state index contributed by atoms with van der Waals surface area (Å²) in [5.74, 6) is -2.62. The quantitative estimate of drug-likeness (QED) is 0.345. The molecule has 0 atom stereocenters. The van der Waals surface area contributed by atoms with Crippen LogP contribution >= 0.6 is 11.6 Å². The molecule has 7 nitrogen and oxygen atoms in total. The highest BCUT2D eigenvalue weighted by Gasteiger charge is 2.19. The molecule has 174 valence electrons. The molecule has 0 fully saturated rings. The van der Waals surface area contributed by atoms with Gasteiger partial charge in [0.05, 0.1) is 23.2 Å². The van der Waals surface area contributed by atoms with Gasteiger partial charge in [-0.3, -0.25) is 9.59 Å². The number of rotatable bonds is 5. The zero-order valence-electron chi connectivity index (χ0n) is 17.9. The van der Waals surface area contributed by atoms with Crippen LogP contribution < -0.4 is 11.1 Å². The molecule has 0 saturated heterocycles. The second-order valence-electron chi connectivity index (χ2n) is 7.79. The van der Waals surface area contributed by atoms with E-state index in [-0.39, 0.29) is 22.8 Å². The van der Waals surface area contributed by atoms with Gasteiger partial charge in [0.15, 0.2) is 5.82 Å². The van der Waals surface area contributed by atoms with Crippen LogP contribution in [-0.4, -0.2) is 26.6 Å². The normalized spacial score (nSPS) is 11.2. The van der Waals surface area contributed by atoms with Gasteiger partial charge in [-0.05, 0) is 41.8 Å². The molecule has 3 N–H and O–H groups in total. The summed E-state index contributed by atoms with van der Waals surface area (Å²) in [5, 5.41) is 9.23. The maximum absolute atomic E-state index is 14.7. The van der Waals surface area contributed by atoms with Gasteiger partial charge in [0.25, 0.3) is 5.91 Å². The number of nitrogens with two attached hydrogens (primary N) is 1. The highest BCUT2D eigenvalue weighted by atomic mass is 35.5. The van der Waals surface area contributed by atoms with Crippen molar-refractivity contribution in [2.24, 2.45) is 5.73 Å². The molecule has 10 heteroatoms. The Morgan fingerprint density at radius 3 is 2.57 bits per heavy atom. The Morgan fingerprint density at radius 2 is 1.83 bits per heavy atom. The largest absolute Gasteiger partial charge is 0.369 e. The Balaban J connectivity index is 1.70. The second kappa shape index (κ2) is 8.77. The molecule has 0 unspecified atom stereocenters. The molecule has 2 heterocycles. The average Bonchev–Trinajstić information content (AvgIpc) is 3.17. The van der Waals surface area contributed by atoms with Gasteiger partial charge >= 0.3 is 0 Å². The van der Waals surface area contributed by atoms with Gasteiger partial charge in [0.2, 0.25) is 5.91 Å². The first kappa shape index (κ1) is 22.4. The number of primary amides is 1. The number of benzene rings is 3. The van der Waals surface area contributed by atoms with Crippen LogP contribution in [0.3, 0.4) is 0 Å². The number of hydrogen-bond donors (Lipinski definition) is 2.